The summed E-state index contributed by atoms with van der Waals surface area (Å²) >= 11 is 17.8. The summed E-state index contributed by atoms with van der Waals surface area (Å²) in [5.41, 5.74) is -0.531. The molecule has 0 aliphatic carbocycles. The van der Waals surface area contributed by atoms with Crippen molar-refractivity contribution in [1.82, 2.24) is 4.98 Å². The number of nitrogens with zero attached hydrogens (tertiary/aromatic N) is 1. The molecule has 0 atom stereocenters. The summed E-state index contributed by atoms with van der Waals surface area (Å²) in [5.74, 6) is -0.366. The van der Waals surface area contributed by atoms with Crippen molar-refractivity contribution >= 4 is 34.8 Å². The first-order chi connectivity index (χ1) is 9.74. The highest BCUT2D eigenvalue weighted by Gasteiger charge is 2.35. The van der Waals surface area contributed by atoms with Gasteiger partial charge in [-0.3, -0.25) is 4.98 Å². The Morgan fingerprint density at radius 3 is 2.10 bits per heavy atom. The molecule has 8 heteroatoms. The monoisotopic (exact) mass is 355 g/mol. The van der Waals surface area contributed by atoms with Crippen LogP contribution in [0.5, 0.6) is 5.75 Å². The zero-order valence-electron chi connectivity index (χ0n) is 10.4. The van der Waals surface area contributed by atoms with Crippen LogP contribution in [0.3, 0.4) is 0 Å². The van der Waals surface area contributed by atoms with Gasteiger partial charge >= 0.3 is 6.18 Å². The number of hydrogen-bond donors (Lipinski definition) is 0. The second-order valence-electron chi connectivity index (χ2n) is 4.01. The minimum absolute atomic E-state index is 0.159. The predicted octanol–water partition coefficient (Wildman–Crippen LogP) is 5.74. The number of methoxy groups -OCH3 is 1. The van der Waals surface area contributed by atoms with Crippen molar-refractivity contribution in [3.8, 4) is 17.0 Å². The van der Waals surface area contributed by atoms with Crippen molar-refractivity contribution < 1.29 is 17.9 Å². The second-order valence-corrected chi connectivity index (χ2v) is 5.26. The van der Waals surface area contributed by atoms with E-state index in [1.165, 1.54) is 12.1 Å². The van der Waals surface area contributed by atoms with Gasteiger partial charge in [0.15, 0.2) is 0 Å². The van der Waals surface area contributed by atoms with Crippen LogP contribution in [0.2, 0.25) is 15.1 Å². The first kappa shape index (κ1) is 16.2. The number of ether oxygens (including phenoxy) is 1. The Bertz CT molecular complexity index is 666. The Balaban J connectivity index is 2.62. The number of aromatic nitrogens is 1. The maximum absolute atomic E-state index is 12.8. The quantitative estimate of drug-likeness (QED) is 0.685. The molecular weight excluding hydrogens is 350 g/mol. The molecule has 0 saturated carbocycles. The highest BCUT2D eigenvalue weighted by atomic mass is 35.5. The average Bonchev–Trinajstić information content (AvgIpc) is 2.36. The zero-order valence-corrected chi connectivity index (χ0v) is 12.7. The third-order valence-corrected chi connectivity index (χ3v) is 3.47. The Kier molecular flexibility index (Phi) is 4.56. The Hall–Kier alpha value is -1.17. The van der Waals surface area contributed by atoms with Crippen LogP contribution in [0.1, 0.15) is 5.56 Å². The molecule has 2 aromatic rings. The van der Waals surface area contributed by atoms with E-state index < -0.39 is 11.7 Å². The average molecular weight is 357 g/mol. The first-order valence-corrected chi connectivity index (χ1v) is 6.63. The fraction of sp³-hybridized carbons (Fsp3) is 0.154. The Labute approximate surface area is 133 Å². The largest absolute Gasteiger partial charge is 0.496 e. The van der Waals surface area contributed by atoms with Gasteiger partial charge in [0.05, 0.1) is 22.8 Å². The van der Waals surface area contributed by atoms with E-state index in [4.69, 9.17) is 39.5 Å². The molecule has 0 fully saturated rings. The SMILES string of the molecule is COc1cc(-c2c(Cl)cc(Cl)cc2Cl)ncc1C(F)(F)F. The molecule has 1 aromatic carbocycles. The normalized spacial score (nSPS) is 11.6. The van der Waals surface area contributed by atoms with Crippen LogP contribution < -0.4 is 4.74 Å². The molecule has 0 aliphatic heterocycles. The van der Waals surface area contributed by atoms with Gasteiger partial charge in [0, 0.05) is 22.8 Å². The van der Waals surface area contributed by atoms with Crippen molar-refractivity contribution in [2.45, 2.75) is 6.18 Å². The molecule has 0 radical (unpaired) electrons. The highest BCUT2D eigenvalue weighted by molar-refractivity contribution is 6.41. The minimum Gasteiger partial charge on any atom is -0.496 e. The molecule has 0 unspecified atom stereocenters. The molecule has 0 bridgehead atoms. The number of halogens is 6. The number of hydrogen-bond acceptors (Lipinski definition) is 2. The topological polar surface area (TPSA) is 22.1 Å². The second kappa shape index (κ2) is 5.91. The fourth-order valence-electron chi connectivity index (χ4n) is 1.74. The molecule has 21 heavy (non-hydrogen) atoms. The molecule has 1 heterocycles. The molecule has 2 rings (SSSR count). The van der Waals surface area contributed by atoms with Gasteiger partial charge in [0.1, 0.15) is 11.3 Å². The molecule has 112 valence electrons. The van der Waals surface area contributed by atoms with Gasteiger partial charge in [-0.15, -0.1) is 0 Å². The Morgan fingerprint density at radius 1 is 1.05 bits per heavy atom. The Morgan fingerprint density at radius 2 is 1.62 bits per heavy atom. The molecule has 0 aliphatic rings. The summed E-state index contributed by atoms with van der Waals surface area (Å²) in [6.07, 6.45) is -3.89. The fourth-order valence-corrected chi connectivity index (χ4v) is 2.75. The number of pyridine rings is 1. The summed E-state index contributed by atoms with van der Waals surface area (Å²) in [5, 5.41) is 0.677. The molecule has 0 amide bonds. The highest BCUT2D eigenvalue weighted by Crippen LogP contribution is 2.41. The van der Waals surface area contributed by atoms with Crippen LogP contribution >= 0.6 is 34.8 Å². The van der Waals surface area contributed by atoms with E-state index in [9.17, 15) is 13.2 Å². The van der Waals surface area contributed by atoms with E-state index in [0.29, 0.717) is 11.2 Å². The van der Waals surface area contributed by atoms with Gasteiger partial charge in [0.2, 0.25) is 0 Å². The molecule has 2 nitrogen and oxygen atoms in total. The van der Waals surface area contributed by atoms with Crippen LogP contribution in [0.25, 0.3) is 11.3 Å². The van der Waals surface area contributed by atoms with Crippen molar-refractivity contribution in [3.63, 3.8) is 0 Å². The van der Waals surface area contributed by atoms with Gasteiger partial charge in [0.25, 0.3) is 0 Å². The molecule has 0 saturated heterocycles. The van der Waals surface area contributed by atoms with Crippen LogP contribution in [0.15, 0.2) is 24.4 Å². The number of alkyl halides is 3. The van der Waals surface area contributed by atoms with Gasteiger partial charge in [-0.25, -0.2) is 0 Å². The van der Waals surface area contributed by atoms with E-state index in [2.05, 4.69) is 4.98 Å². The maximum atomic E-state index is 12.8. The van der Waals surface area contributed by atoms with Crippen molar-refractivity contribution in [2.75, 3.05) is 7.11 Å². The van der Waals surface area contributed by atoms with E-state index in [1.54, 1.807) is 0 Å². The smallest absolute Gasteiger partial charge is 0.421 e. The molecule has 0 N–H and O–H groups in total. The van der Waals surface area contributed by atoms with Crippen LogP contribution in [-0.2, 0) is 6.18 Å². The standard InChI is InChI=1S/C13H7Cl3F3NO/c1-21-11-4-10(20-5-7(11)13(17,18)19)12-8(15)2-6(14)3-9(12)16/h2-5H,1H3. The minimum atomic E-state index is -4.57. The first-order valence-electron chi connectivity index (χ1n) is 5.50. The lowest BCUT2D eigenvalue weighted by atomic mass is 10.1. The zero-order chi connectivity index (χ0) is 15.8. The molecule has 0 spiro atoms. The molecule has 1 aromatic heterocycles. The van der Waals surface area contributed by atoms with E-state index in [-0.39, 0.29) is 27.1 Å². The van der Waals surface area contributed by atoms with E-state index >= 15 is 0 Å². The predicted molar refractivity (Wildman–Crippen MR) is 76.3 cm³/mol. The number of benzene rings is 1. The maximum Gasteiger partial charge on any atom is 0.421 e. The van der Waals surface area contributed by atoms with Gasteiger partial charge in [-0.05, 0) is 12.1 Å². The van der Waals surface area contributed by atoms with Crippen molar-refractivity contribution in [3.05, 3.63) is 45.0 Å². The van der Waals surface area contributed by atoms with E-state index in [0.717, 1.165) is 13.2 Å². The van der Waals surface area contributed by atoms with E-state index in [1.807, 2.05) is 0 Å². The number of rotatable bonds is 2. The molecular formula is C13H7Cl3F3NO. The van der Waals surface area contributed by atoms with Crippen LogP contribution in [0.4, 0.5) is 13.2 Å². The van der Waals surface area contributed by atoms with Crippen molar-refractivity contribution in [1.29, 1.82) is 0 Å². The summed E-state index contributed by atoms with van der Waals surface area (Å²) in [6.45, 7) is 0. The summed E-state index contributed by atoms with van der Waals surface area (Å²) in [6, 6.07) is 3.98. The summed E-state index contributed by atoms with van der Waals surface area (Å²) in [7, 11) is 1.14. The lowest BCUT2D eigenvalue weighted by molar-refractivity contribution is -0.139. The van der Waals surface area contributed by atoms with Gasteiger partial charge in [-0.2, -0.15) is 13.2 Å². The lowest BCUT2D eigenvalue weighted by Gasteiger charge is -2.14. The van der Waals surface area contributed by atoms with Crippen molar-refractivity contribution in [2.24, 2.45) is 0 Å². The lowest BCUT2D eigenvalue weighted by Crippen LogP contribution is -2.08. The van der Waals surface area contributed by atoms with Crippen LogP contribution in [0, 0.1) is 0 Å². The summed E-state index contributed by atoms with van der Waals surface area (Å²) < 4.78 is 43.1. The van der Waals surface area contributed by atoms with Gasteiger partial charge in [-0.1, -0.05) is 34.8 Å². The summed E-state index contributed by atoms with van der Waals surface area (Å²) in [4.78, 5) is 3.76. The third kappa shape index (κ3) is 3.36. The van der Waals surface area contributed by atoms with Crippen LogP contribution in [-0.4, -0.2) is 12.1 Å². The van der Waals surface area contributed by atoms with Gasteiger partial charge < -0.3 is 4.74 Å². The third-order valence-electron chi connectivity index (χ3n) is 2.65.